The van der Waals surface area contributed by atoms with Crippen molar-refractivity contribution in [1.29, 1.82) is 0 Å². The zero-order valence-corrected chi connectivity index (χ0v) is 22.2. The second-order valence-electron chi connectivity index (χ2n) is 9.14. The molecule has 1 aliphatic rings. The molecule has 3 aromatic rings. The second kappa shape index (κ2) is 11.6. The van der Waals surface area contributed by atoms with E-state index < -0.39 is 45.2 Å². The summed E-state index contributed by atoms with van der Waals surface area (Å²) in [4.78, 5) is 10.5. The average Bonchev–Trinajstić information content (AvgIpc) is 2.90. The first kappa shape index (κ1) is 29.6. The molecule has 0 unspecified atom stereocenters. The maximum Gasteiger partial charge on any atom is 0.416 e. The SMILES string of the molecule is O=C(O)CC[C@H]1CN(S(=O)(=O)c2cccc(C(F)(F)F)c2)c2cc(CCc3c(Cl)cccc3C(F)F)ccc2O1. The van der Waals surface area contributed by atoms with E-state index in [2.05, 4.69) is 0 Å². The summed E-state index contributed by atoms with van der Waals surface area (Å²) < 4.78 is 101. The van der Waals surface area contributed by atoms with Gasteiger partial charge in [0.1, 0.15) is 11.9 Å². The van der Waals surface area contributed by atoms with Crippen molar-refractivity contribution in [3.63, 3.8) is 0 Å². The van der Waals surface area contributed by atoms with Crippen molar-refractivity contribution in [3.8, 4) is 5.75 Å². The van der Waals surface area contributed by atoms with Gasteiger partial charge in [-0.25, -0.2) is 17.2 Å². The molecule has 0 spiro atoms. The van der Waals surface area contributed by atoms with E-state index in [9.17, 15) is 35.2 Å². The molecular weight excluding hydrogens is 581 g/mol. The van der Waals surface area contributed by atoms with E-state index >= 15 is 0 Å². The number of rotatable bonds is 9. The van der Waals surface area contributed by atoms with Gasteiger partial charge in [0, 0.05) is 17.0 Å². The lowest BCUT2D eigenvalue weighted by Gasteiger charge is -2.36. The number of sulfonamides is 1. The predicted molar refractivity (Wildman–Crippen MR) is 138 cm³/mol. The molecule has 4 rings (SSSR count). The molecule has 6 nitrogen and oxygen atoms in total. The maximum atomic E-state index is 13.7. The number of halogens is 6. The zero-order chi connectivity index (χ0) is 29.2. The normalized spacial score (nSPS) is 15.6. The average molecular weight is 604 g/mol. The molecule has 0 saturated heterocycles. The van der Waals surface area contributed by atoms with Crippen LogP contribution in [0.1, 0.15) is 41.5 Å². The maximum absolute atomic E-state index is 13.7. The van der Waals surface area contributed by atoms with Gasteiger partial charge in [0.25, 0.3) is 16.4 Å². The number of hydrogen-bond acceptors (Lipinski definition) is 4. The number of ether oxygens (including phenoxy) is 1. The summed E-state index contributed by atoms with van der Waals surface area (Å²) in [6.45, 7) is -0.345. The Hall–Kier alpha value is -3.38. The summed E-state index contributed by atoms with van der Waals surface area (Å²) in [6.07, 6.45) is -8.47. The Labute approximate surface area is 232 Å². The minimum absolute atomic E-state index is 0.0368. The standard InChI is InChI=1S/C27H23ClF5NO5S/c28-22-6-2-5-21(26(29)30)20(22)10-7-16-8-11-24-23(13-16)34(15-18(39-24)9-12-25(35)36)40(37,38)19-4-1-3-17(14-19)27(31,32)33/h1-6,8,11,13-14,18,26H,7,9-10,12,15H2,(H,35,36)/t18-/m0/s1. The highest BCUT2D eigenvalue weighted by Crippen LogP contribution is 2.40. The largest absolute Gasteiger partial charge is 0.486 e. The Morgan fingerprint density at radius 1 is 1.07 bits per heavy atom. The molecular formula is C27H23ClF5NO5S. The predicted octanol–water partition coefficient (Wildman–Crippen LogP) is 6.90. The van der Waals surface area contributed by atoms with E-state index in [4.69, 9.17) is 21.4 Å². The molecule has 0 aliphatic carbocycles. The van der Waals surface area contributed by atoms with E-state index in [1.165, 1.54) is 30.3 Å². The monoisotopic (exact) mass is 603 g/mol. The fraction of sp³-hybridized carbons (Fsp3) is 0.296. The van der Waals surface area contributed by atoms with Crippen LogP contribution >= 0.6 is 11.6 Å². The van der Waals surface area contributed by atoms with Crippen LogP contribution in [0.2, 0.25) is 5.02 Å². The number of aliphatic carboxylic acids is 1. The summed E-state index contributed by atoms with van der Waals surface area (Å²) in [5.41, 5.74) is -0.544. The smallest absolute Gasteiger partial charge is 0.416 e. The third kappa shape index (κ3) is 6.49. The Morgan fingerprint density at radius 3 is 2.48 bits per heavy atom. The van der Waals surface area contributed by atoms with Crippen LogP contribution in [0.3, 0.4) is 0 Å². The summed E-state index contributed by atoms with van der Waals surface area (Å²) in [5.74, 6) is -1.04. The van der Waals surface area contributed by atoms with Gasteiger partial charge in [0.2, 0.25) is 0 Å². The quantitative estimate of drug-likeness (QED) is 0.269. The van der Waals surface area contributed by atoms with Crippen LogP contribution in [-0.2, 0) is 33.8 Å². The van der Waals surface area contributed by atoms with Crippen molar-refractivity contribution in [2.75, 3.05) is 10.8 Å². The summed E-state index contributed by atoms with van der Waals surface area (Å²) in [7, 11) is -4.55. The number of aryl methyl sites for hydroxylation is 1. The number of hydrogen-bond donors (Lipinski definition) is 1. The Bertz CT molecular complexity index is 1510. The van der Waals surface area contributed by atoms with Gasteiger partial charge < -0.3 is 9.84 Å². The lowest BCUT2D eigenvalue weighted by Crippen LogP contribution is -2.43. The molecule has 0 radical (unpaired) electrons. The van der Waals surface area contributed by atoms with Crippen LogP contribution in [0.15, 0.2) is 65.6 Å². The van der Waals surface area contributed by atoms with Crippen molar-refractivity contribution in [2.24, 2.45) is 0 Å². The van der Waals surface area contributed by atoms with Gasteiger partial charge in [-0.1, -0.05) is 35.9 Å². The molecule has 40 heavy (non-hydrogen) atoms. The minimum Gasteiger partial charge on any atom is -0.486 e. The van der Waals surface area contributed by atoms with Crippen molar-refractivity contribution in [1.82, 2.24) is 0 Å². The molecule has 0 bridgehead atoms. The molecule has 0 saturated carbocycles. The van der Waals surface area contributed by atoms with Crippen molar-refractivity contribution < 1.29 is 45.0 Å². The minimum atomic E-state index is -4.78. The number of carboxylic acid groups (broad SMARTS) is 1. The van der Waals surface area contributed by atoms with Gasteiger partial charge in [-0.3, -0.25) is 9.10 Å². The highest BCUT2D eigenvalue weighted by atomic mass is 35.5. The van der Waals surface area contributed by atoms with E-state index in [-0.39, 0.29) is 59.8 Å². The van der Waals surface area contributed by atoms with Crippen LogP contribution in [-0.4, -0.2) is 32.1 Å². The number of carbonyl (C=O) groups is 1. The van der Waals surface area contributed by atoms with Gasteiger partial charge in [0.05, 0.1) is 22.7 Å². The Balaban J connectivity index is 1.71. The molecule has 3 aromatic carbocycles. The highest BCUT2D eigenvalue weighted by molar-refractivity contribution is 7.92. The number of benzene rings is 3. The van der Waals surface area contributed by atoms with E-state index in [0.717, 1.165) is 22.5 Å². The van der Waals surface area contributed by atoms with E-state index in [1.54, 1.807) is 6.07 Å². The molecule has 1 atom stereocenters. The fourth-order valence-electron chi connectivity index (χ4n) is 4.45. The van der Waals surface area contributed by atoms with Crippen LogP contribution in [0.25, 0.3) is 0 Å². The molecule has 214 valence electrons. The summed E-state index contributed by atoms with van der Waals surface area (Å²) in [5, 5.41) is 9.22. The van der Waals surface area contributed by atoms with E-state index in [1.807, 2.05) is 0 Å². The Kier molecular flexibility index (Phi) is 8.60. The molecule has 1 aliphatic heterocycles. The second-order valence-corrected chi connectivity index (χ2v) is 11.4. The van der Waals surface area contributed by atoms with Crippen molar-refractivity contribution in [2.45, 2.75) is 49.3 Å². The summed E-state index contributed by atoms with van der Waals surface area (Å²) in [6, 6.07) is 12.0. The van der Waals surface area contributed by atoms with Gasteiger partial charge >= 0.3 is 12.1 Å². The molecule has 0 amide bonds. The molecule has 1 heterocycles. The van der Waals surface area contributed by atoms with Gasteiger partial charge in [-0.05, 0) is 66.8 Å². The molecule has 13 heteroatoms. The van der Waals surface area contributed by atoms with Crippen LogP contribution in [0, 0.1) is 0 Å². The van der Waals surface area contributed by atoms with Gasteiger partial charge in [0.15, 0.2) is 0 Å². The number of fused-ring (bicyclic) bond motifs is 1. The molecule has 0 fully saturated rings. The van der Waals surface area contributed by atoms with Gasteiger partial charge in [-0.2, -0.15) is 13.2 Å². The fourth-order valence-corrected chi connectivity index (χ4v) is 6.27. The van der Waals surface area contributed by atoms with Crippen molar-refractivity contribution >= 4 is 33.3 Å². The zero-order valence-electron chi connectivity index (χ0n) is 20.7. The lowest BCUT2D eigenvalue weighted by atomic mass is 9.99. The first-order valence-electron chi connectivity index (χ1n) is 12.0. The van der Waals surface area contributed by atoms with Crippen molar-refractivity contribution in [3.05, 3.63) is 87.9 Å². The van der Waals surface area contributed by atoms with Crippen LogP contribution < -0.4 is 9.04 Å². The van der Waals surface area contributed by atoms with E-state index in [0.29, 0.717) is 11.6 Å². The third-order valence-corrected chi connectivity index (χ3v) is 8.57. The van der Waals surface area contributed by atoms with Gasteiger partial charge in [-0.15, -0.1) is 0 Å². The molecule has 0 aromatic heterocycles. The topological polar surface area (TPSA) is 83.9 Å². The number of nitrogens with zero attached hydrogens (tertiary/aromatic N) is 1. The number of carboxylic acids is 1. The lowest BCUT2D eigenvalue weighted by molar-refractivity contribution is -0.138. The summed E-state index contributed by atoms with van der Waals surface area (Å²) >= 11 is 6.16. The Morgan fingerprint density at radius 2 is 1.80 bits per heavy atom. The first-order chi connectivity index (χ1) is 18.8. The third-order valence-electron chi connectivity index (χ3n) is 6.44. The number of alkyl halides is 5. The first-order valence-corrected chi connectivity index (χ1v) is 13.9. The number of anilines is 1. The molecule has 1 N–H and O–H groups in total. The van der Waals surface area contributed by atoms with Crippen LogP contribution in [0.4, 0.5) is 27.6 Å². The highest BCUT2D eigenvalue weighted by Gasteiger charge is 2.37. The van der Waals surface area contributed by atoms with Crippen LogP contribution in [0.5, 0.6) is 5.75 Å².